The standard InChI is InChI=1S/C22H24N2O4S2/c25-21(23-10-13-27-14-11-23)18-8-4-5-9-20(18)29-30-22(26)24-12-15-28-19(16-24)17-6-2-1-3-7-17/h1-9,19H,10-16H2. The molecule has 2 aliphatic rings. The van der Waals surface area contributed by atoms with Crippen molar-refractivity contribution in [2.75, 3.05) is 46.0 Å². The minimum Gasteiger partial charge on any atom is -0.378 e. The van der Waals surface area contributed by atoms with Crippen LogP contribution in [-0.4, -0.2) is 66.9 Å². The Morgan fingerprint density at radius 2 is 1.57 bits per heavy atom. The Hall–Kier alpha value is -2.00. The highest BCUT2D eigenvalue weighted by atomic mass is 33.1. The molecule has 0 aromatic heterocycles. The zero-order chi connectivity index (χ0) is 20.8. The fourth-order valence-corrected chi connectivity index (χ4v) is 5.52. The fourth-order valence-electron chi connectivity index (χ4n) is 3.47. The molecular weight excluding hydrogens is 420 g/mol. The highest BCUT2D eigenvalue weighted by molar-refractivity contribution is 8.82. The van der Waals surface area contributed by atoms with Gasteiger partial charge in [-0.05, 0) is 28.5 Å². The molecule has 30 heavy (non-hydrogen) atoms. The number of benzene rings is 2. The number of hydrogen-bond acceptors (Lipinski definition) is 6. The number of rotatable bonds is 4. The Morgan fingerprint density at radius 3 is 2.37 bits per heavy atom. The summed E-state index contributed by atoms with van der Waals surface area (Å²) >= 11 is 0. The van der Waals surface area contributed by atoms with Crippen molar-refractivity contribution in [3.05, 3.63) is 65.7 Å². The van der Waals surface area contributed by atoms with Gasteiger partial charge in [-0.15, -0.1) is 0 Å². The van der Waals surface area contributed by atoms with Gasteiger partial charge in [0.05, 0.1) is 31.9 Å². The largest absolute Gasteiger partial charge is 0.378 e. The van der Waals surface area contributed by atoms with Gasteiger partial charge >= 0.3 is 0 Å². The third-order valence-corrected chi connectivity index (χ3v) is 7.35. The van der Waals surface area contributed by atoms with Crippen LogP contribution in [0.1, 0.15) is 22.0 Å². The minimum atomic E-state index is -0.107. The summed E-state index contributed by atoms with van der Waals surface area (Å²) in [4.78, 5) is 30.2. The summed E-state index contributed by atoms with van der Waals surface area (Å²) < 4.78 is 11.2. The van der Waals surface area contributed by atoms with Gasteiger partial charge in [-0.3, -0.25) is 9.59 Å². The van der Waals surface area contributed by atoms with Gasteiger partial charge < -0.3 is 19.3 Å². The Morgan fingerprint density at radius 1 is 0.867 bits per heavy atom. The number of carbonyl (C=O) groups is 2. The van der Waals surface area contributed by atoms with Crippen LogP contribution in [0.2, 0.25) is 0 Å². The summed E-state index contributed by atoms with van der Waals surface area (Å²) in [5.41, 5.74) is 1.71. The van der Waals surface area contributed by atoms with Crippen LogP contribution in [0.15, 0.2) is 59.5 Å². The lowest BCUT2D eigenvalue weighted by atomic mass is 10.1. The average Bonchev–Trinajstić information content (AvgIpc) is 2.83. The molecule has 1 atom stereocenters. The molecule has 2 aliphatic heterocycles. The van der Waals surface area contributed by atoms with Crippen molar-refractivity contribution < 1.29 is 19.1 Å². The number of morpholine rings is 2. The predicted molar refractivity (Wildman–Crippen MR) is 119 cm³/mol. The second kappa shape index (κ2) is 10.3. The van der Waals surface area contributed by atoms with Gasteiger partial charge in [0.25, 0.3) is 11.1 Å². The zero-order valence-corrected chi connectivity index (χ0v) is 18.2. The SMILES string of the molecule is O=C(SSc1ccccc1C(=O)N1CCOCC1)N1CCOC(c2ccccc2)C1. The van der Waals surface area contributed by atoms with E-state index in [4.69, 9.17) is 9.47 Å². The summed E-state index contributed by atoms with van der Waals surface area (Å²) in [6, 6.07) is 17.4. The first kappa shape index (κ1) is 21.2. The van der Waals surface area contributed by atoms with E-state index in [9.17, 15) is 9.59 Å². The lowest BCUT2D eigenvalue weighted by molar-refractivity contribution is -0.0116. The number of hydrogen-bond donors (Lipinski definition) is 0. The van der Waals surface area contributed by atoms with Crippen LogP contribution in [0.3, 0.4) is 0 Å². The van der Waals surface area contributed by atoms with Crippen LogP contribution in [0.4, 0.5) is 4.79 Å². The van der Waals surface area contributed by atoms with Crippen molar-refractivity contribution in [3.8, 4) is 0 Å². The molecule has 2 aromatic carbocycles. The summed E-state index contributed by atoms with van der Waals surface area (Å²) in [7, 11) is 2.51. The molecule has 0 bridgehead atoms. The van der Waals surface area contributed by atoms with E-state index in [0.717, 1.165) is 21.3 Å². The minimum absolute atomic E-state index is 0.00929. The molecule has 2 fully saturated rings. The third kappa shape index (κ3) is 5.18. The molecule has 8 heteroatoms. The molecule has 0 N–H and O–H groups in total. The van der Waals surface area contributed by atoms with Gasteiger partial charge in [0.1, 0.15) is 6.10 Å². The van der Waals surface area contributed by atoms with Gasteiger partial charge in [0, 0.05) is 35.3 Å². The first-order valence-electron chi connectivity index (χ1n) is 9.98. The summed E-state index contributed by atoms with van der Waals surface area (Å²) in [5, 5.41) is -0.0159. The predicted octanol–water partition coefficient (Wildman–Crippen LogP) is 4.09. The van der Waals surface area contributed by atoms with Gasteiger partial charge in [-0.1, -0.05) is 42.5 Å². The maximum atomic E-state index is 12.9. The van der Waals surface area contributed by atoms with E-state index in [0.29, 0.717) is 51.6 Å². The van der Waals surface area contributed by atoms with E-state index in [-0.39, 0.29) is 17.3 Å². The van der Waals surface area contributed by atoms with E-state index >= 15 is 0 Å². The number of nitrogens with zero attached hydrogens (tertiary/aromatic N) is 2. The highest BCUT2D eigenvalue weighted by Gasteiger charge is 2.27. The molecular formula is C22H24N2O4S2. The van der Waals surface area contributed by atoms with Crippen molar-refractivity contribution in [1.82, 2.24) is 9.80 Å². The molecule has 0 radical (unpaired) electrons. The second-order valence-corrected chi connectivity index (χ2v) is 9.17. The van der Waals surface area contributed by atoms with Gasteiger partial charge in [-0.2, -0.15) is 0 Å². The van der Waals surface area contributed by atoms with Crippen molar-refractivity contribution in [2.45, 2.75) is 11.0 Å². The lowest BCUT2D eigenvalue weighted by Gasteiger charge is -2.32. The molecule has 0 saturated carbocycles. The fraction of sp³-hybridized carbons (Fsp3) is 0.364. The molecule has 0 aliphatic carbocycles. The first-order valence-corrected chi connectivity index (χ1v) is 12.1. The molecule has 4 rings (SSSR count). The number of amides is 2. The van der Waals surface area contributed by atoms with E-state index in [1.54, 1.807) is 0 Å². The monoisotopic (exact) mass is 444 g/mol. The second-order valence-electron chi connectivity index (χ2n) is 7.05. The van der Waals surface area contributed by atoms with Crippen LogP contribution >= 0.6 is 21.6 Å². The van der Waals surface area contributed by atoms with Gasteiger partial charge in [0.2, 0.25) is 0 Å². The normalized spacial score (nSPS) is 19.5. The number of carbonyl (C=O) groups excluding carboxylic acids is 2. The zero-order valence-electron chi connectivity index (χ0n) is 16.6. The molecule has 2 aromatic rings. The topological polar surface area (TPSA) is 59.1 Å². The summed E-state index contributed by atoms with van der Waals surface area (Å²) in [5.74, 6) is -0.00929. The highest BCUT2D eigenvalue weighted by Crippen LogP contribution is 2.37. The molecule has 6 nitrogen and oxygen atoms in total. The van der Waals surface area contributed by atoms with Gasteiger partial charge in [0.15, 0.2) is 0 Å². The summed E-state index contributed by atoms with van der Waals surface area (Å²) in [6.07, 6.45) is -0.107. The quantitative estimate of drug-likeness (QED) is 0.662. The van der Waals surface area contributed by atoms with Crippen molar-refractivity contribution in [1.29, 1.82) is 0 Å². The lowest BCUT2D eigenvalue weighted by Crippen LogP contribution is -2.41. The Kier molecular flexibility index (Phi) is 7.33. The smallest absolute Gasteiger partial charge is 0.292 e. The Labute approximate surface area is 184 Å². The van der Waals surface area contributed by atoms with E-state index < -0.39 is 0 Å². The molecule has 2 saturated heterocycles. The maximum Gasteiger partial charge on any atom is 0.292 e. The first-order chi connectivity index (χ1) is 14.7. The van der Waals surface area contributed by atoms with Crippen LogP contribution in [0.5, 0.6) is 0 Å². The van der Waals surface area contributed by atoms with Crippen molar-refractivity contribution in [2.24, 2.45) is 0 Å². The molecule has 158 valence electrons. The molecule has 2 amide bonds. The van der Waals surface area contributed by atoms with Crippen molar-refractivity contribution in [3.63, 3.8) is 0 Å². The van der Waals surface area contributed by atoms with Crippen LogP contribution in [-0.2, 0) is 9.47 Å². The van der Waals surface area contributed by atoms with Crippen LogP contribution < -0.4 is 0 Å². The van der Waals surface area contributed by atoms with E-state index in [2.05, 4.69) is 0 Å². The van der Waals surface area contributed by atoms with Gasteiger partial charge in [-0.25, -0.2) is 0 Å². The van der Waals surface area contributed by atoms with Crippen LogP contribution in [0.25, 0.3) is 0 Å². The van der Waals surface area contributed by atoms with Crippen LogP contribution in [0, 0.1) is 0 Å². The maximum absolute atomic E-state index is 12.9. The number of ether oxygens (including phenoxy) is 2. The Bertz CT molecular complexity index is 874. The van der Waals surface area contributed by atoms with E-state index in [1.807, 2.05) is 64.4 Å². The summed E-state index contributed by atoms with van der Waals surface area (Å²) in [6.45, 7) is 3.94. The Balaban J connectivity index is 1.37. The van der Waals surface area contributed by atoms with E-state index in [1.165, 1.54) is 10.8 Å². The molecule has 0 spiro atoms. The molecule has 1 unspecified atom stereocenters. The molecule has 2 heterocycles. The third-order valence-electron chi connectivity index (χ3n) is 5.11. The van der Waals surface area contributed by atoms with Crippen molar-refractivity contribution >= 4 is 32.7 Å². The average molecular weight is 445 g/mol.